The smallest absolute Gasteiger partial charge is 0.123 e. The fraction of sp³-hybridized carbons (Fsp3) is 0.647. The van der Waals surface area contributed by atoms with Crippen molar-refractivity contribution in [2.75, 3.05) is 33.2 Å². The van der Waals surface area contributed by atoms with Gasteiger partial charge in [-0.25, -0.2) is 0 Å². The Kier molecular flexibility index (Phi) is 4.27. The number of rotatable bonds is 4. The predicted octanol–water partition coefficient (Wildman–Crippen LogP) is 2.23. The molecule has 3 nitrogen and oxygen atoms in total. The zero-order valence-electron chi connectivity index (χ0n) is 12.7. The maximum absolute atomic E-state index is 6.06. The Morgan fingerprint density at radius 3 is 3.05 bits per heavy atom. The van der Waals surface area contributed by atoms with Gasteiger partial charge in [-0.15, -0.1) is 0 Å². The van der Waals surface area contributed by atoms with Crippen molar-refractivity contribution < 1.29 is 4.74 Å². The summed E-state index contributed by atoms with van der Waals surface area (Å²) >= 11 is 0. The summed E-state index contributed by atoms with van der Waals surface area (Å²) in [5, 5.41) is 3.50. The number of likely N-dealkylation sites (N-methyl/N-ethyl adjacent to an activating group) is 1. The molecule has 20 heavy (non-hydrogen) atoms. The van der Waals surface area contributed by atoms with E-state index in [4.69, 9.17) is 4.74 Å². The van der Waals surface area contributed by atoms with Crippen LogP contribution < -0.4 is 10.1 Å². The molecule has 0 aliphatic carbocycles. The average Bonchev–Trinajstić information content (AvgIpc) is 2.80. The molecule has 1 aromatic carbocycles. The van der Waals surface area contributed by atoms with Gasteiger partial charge in [0.25, 0.3) is 0 Å². The first-order valence-electron chi connectivity index (χ1n) is 7.86. The largest absolute Gasteiger partial charge is 0.488 e. The molecule has 2 atom stereocenters. The molecule has 1 N–H and O–H groups in total. The van der Waals surface area contributed by atoms with Gasteiger partial charge in [0.1, 0.15) is 11.9 Å². The molecule has 0 amide bonds. The van der Waals surface area contributed by atoms with Gasteiger partial charge in [-0.3, -0.25) is 0 Å². The number of hydrogen-bond donors (Lipinski definition) is 1. The van der Waals surface area contributed by atoms with E-state index in [9.17, 15) is 0 Å². The molecule has 0 spiro atoms. The Labute approximate surface area is 122 Å². The molecular formula is C17H26N2O. The summed E-state index contributed by atoms with van der Waals surface area (Å²) in [5.74, 6) is 1.90. The second kappa shape index (κ2) is 6.15. The number of ether oxygens (including phenoxy) is 1. The van der Waals surface area contributed by atoms with Gasteiger partial charge in [0.2, 0.25) is 0 Å². The number of nitrogens with one attached hydrogen (secondary N) is 1. The summed E-state index contributed by atoms with van der Waals surface area (Å²) in [5.41, 5.74) is 2.71. The molecule has 1 saturated heterocycles. The third-order valence-corrected chi connectivity index (χ3v) is 4.44. The molecule has 2 heterocycles. The molecule has 1 fully saturated rings. The number of benzene rings is 1. The minimum absolute atomic E-state index is 0.327. The lowest BCUT2D eigenvalue weighted by molar-refractivity contribution is 0.150. The van der Waals surface area contributed by atoms with Gasteiger partial charge >= 0.3 is 0 Å². The quantitative estimate of drug-likeness (QED) is 0.911. The van der Waals surface area contributed by atoms with Gasteiger partial charge in [-0.2, -0.15) is 0 Å². The highest BCUT2D eigenvalue weighted by Crippen LogP contribution is 2.29. The van der Waals surface area contributed by atoms with Gasteiger partial charge in [-0.05, 0) is 57.5 Å². The van der Waals surface area contributed by atoms with Crippen LogP contribution in [0.15, 0.2) is 18.2 Å². The maximum atomic E-state index is 6.06. The van der Waals surface area contributed by atoms with Gasteiger partial charge in [0.15, 0.2) is 0 Å². The molecule has 0 aromatic heterocycles. The normalized spacial score (nSPS) is 25.6. The van der Waals surface area contributed by atoms with Crippen LogP contribution in [0.3, 0.4) is 0 Å². The first-order valence-corrected chi connectivity index (χ1v) is 7.86. The summed E-state index contributed by atoms with van der Waals surface area (Å²) in [6.07, 6.45) is 4.07. The monoisotopic (exact) mass is 274 g/mol. The highest BCUT2D eigenvalue weighted by atomic mass is 16.5. The van der Waals surface area contributed by atoms with E-state index in [2.05, 4.69) is 42.4 Å². The zero-order chi connectivity index (χ0) is 13.9. The number of hydrogen-bond acceptors (Lipinski definition) is 3. The zero-order valence-corrected chi connectivity index (χ0v) is 12.7. The SMILES string of the molecule is Cc1ccc2c(c1)CC(CN(C)CC1CCCNC1)O2. The average molecular weight is 274 g/mol. The van der Waals surface area contributed by atoms with Crippen LogP contribution in [0.4, 0.5) is 0 Å². The molecule has 110 valence electrons. The number of piperidine rings is 1. The van der Waals surface area contributed by atoms with E-state index in [-0.39, 0.29) is 0 Å². The molecule has 0 radical (unpaired) electrons. The second-order valence-electron chi connectivity index (χ2n) is 6.49. The van der Waals surface area contributed by atoms with Crippen LogP contribution in [0.2, 0.25) is 0 Å². The molecule has 3 rings (SSSR count). The van der Waals surface area contributed by atoms with Crippen LogP contribution >= 0.6 is 0 Å². The van der Waals surface area contributed by atoms with Crippen LogP contribution in [0.25, 0.3) is 0 Å². The van der Waals surface area contributed by atoms with Crippen molar-refractivity contribution in [3.63, 3.8) is 0 Å². The van der Waals surface area contributed by atoms with E-state index in [0.29, 0.717) is 6.10 Å². The third kappa shape index (κ3) is 3.33. The van der Waals surface area contributed by atoms with E-state index in [1.807, 2.05) is 0 Å². The van der Waals surface area contributed by atoms with Crippen LogP contribution in [0, 0.1) is 12.8 Å². The molecule has 2 aliphatic heterocycles. The highest BCUT2D eigenvalue weighted by Gasteiger charge is 2.25. The van der Waals surface area contributed by atoms with Crippen molar-refractivity contribution in [2.24, 2.45) is 5.92 Å². The van der Waals surface area contributed by atoms with Gasteiger partial charge < -0.3 is 15.0 Å². The Balaban J connectivity index is 1.49. The summed E-state index contributed by atoms with van der Waals surface area (Å²) in [4.78, 5) is 2.45. The number of nitrogens with zero attached hydrogens (tertiary/aromatic N) is 1. The summed E-state index contributed by atoms with van der Waals surface area (Å²) in [7, 11) is 2.23. The number of aryl methyl sites for hydroxylation is 1. The maximum Gasteiger partial charge on any atom is 0.123 e. The third-order valence-electron chi connectivity index (χ3n) is 4.44. The van der Waals surface area contributed by atoms with Gasteiger partial charge in [0.05, 0.1) is 0 Å². The minimum atomic E-state index is 0.327. The molecule has 0 saturated carbocycles. The van der Waals surface area contributed by atoms with Crippen molar-refractivity contribution in [2.45, 2.75) is 32.3 Å². The van der Waals surface area contributed by atoms with Gasteiger partial charge in [0, 0.05) is 19.5 Å². The Morgan fingerprint density at radius 2 is 2.25 bits per heavy atom. The molecule has 1 aromatic rings. The lowest BCUT2D eigenvalue weighted by atomic mass is 9.99. The van der Waals surface area contributed by atoms with Crippen molar-refractivity contribution in [3.05, 3.63) is 29.3 Å². The highest BCUT2D eigenvalue weighted by molar-refractivity contribution is 5.40. The van der Waals surface area contributed by atoms with Crippen LogP contribution in [-0.4, -0.2) is 44.2 Å². The van der Waals surface area contributed by atoms with Crippen LogP contribution in [0.5, 0.6) is 5.75 Å². The van der Waals surface area contributed by atoms with Crippen LogP contribution in [-0.2, 0) is 6.42 Å². The summed E-state index contributed by atoms with van der Waals surface area (Å²) in [6, 6.07) is 6.52. The summed E-state index contributed by atoms with van der Waals surface area (Å²) in [6.45, 7) is 6.73. The van der Waals surface area contributed by atoms with Gasteiger partial charge in [-0.1, -0.05) is 17.7 Å². The Hall–Kier alpha value is -1.06. The molecule has 2 aliphatic rings. The Morgan fingerprint density at radius 1 is 1.35 bits per heavy atom. The van der Waals surface area contributed by atoms with E-state index >= 15 is 0 Å². The number of fused-ring (bicyclic) bond motifs is 1. The second-order valence-corrected chi connectivity index (χ2v) is 6.49. The van der Waals surface area contributed by atoms with Crippen molar-refractivity contribution in [3.8, 4) is 5.75 Å². The van der Waals surface area contributed by atoms with Crippen LogP contribution in [0.1, 0.15) is 24.0 Å². The topological polar surface area (TPSA) is 24.5 Å². The fourth-order valence-electron chi connectivity index (χ4n) is 3.49. The summed E-state index contributed by atoms with van der Waals surface area (Å²) < 4.78 is 6.06. The fourth-order valence-corrected chi connectivity index (χ4v) is 3.49. The lowest BCUT2D eigenvalue weighted by Gasteiger charge is -2.28. The molecule has 2 unspecified atom stereocenters. The van der Waals surface area contributed by atoms with Crippen molar-refractivity contribution in [1.29, 1.82) is 0 Å². The minimum Gasteiger partial charge on any atom is -0.488 e. The first kappa shape index (κ1) is 13.9. The molecule has 3 heteroatoms. The standard InChI is InChI=1S/C17H26N2O/c1-13-5-6-17-15(8-13)9-16(20-17)12-19(2)11-14-4-3-7-18-10-14/h5-6,8,14,16,18H,3-4,7,9-12H2,1-2H3. The van der Waals surface area contributed by atoms with E-state index in [1.54, 1.807) is 0 Å². The first-order chi connectivity index (χ1) is 9.70. The van der Waals surface area contributed by atoms with Crippen molar-refractivity contribution >= 4 is 0 Å². The van der Waals surface area contributed by atoms with E-state index in [1.165, 1.54) is 43.6 Å². The lowest BCUT2D eigenvalue weighted by Crippen LogP contribution is -2.40. The molecular weight excluding hydrogens is 248 g/mol. The van der Waals surface area contributed by atoms with Crippen molar-refractivity contribution in [1.82, 2.24) is 10.2 Å². The Bertz CT molecular complexity index is 454. The van der Waals surface area contributed by atoms with E-state index < -0.39 is 0 Å². The molecule has 0 bridgehead atoms. The predicted molar refractivity (Wildman–Crippen MR) is 82.4 cm³/mol. The van der Waals surface area contributed by atoms with E-state index in [0.717, 1.165) is 24.6 Å².